The van der Waals surface area contributed by atoms with E-state index in [2.05, 4.69) is 10.1 Å². The maximum Gasteiger partial charge on any atom is 0.137 e. The van der Waals surface area contributed by atoms with Crippen LogP contribution in [0, 0.1) is 5.92 Å². The molecule has 5 heteroatoms. The lowest BCUT2D eigenvalue weighted by molar-refractivity contribution is 0.277. The Hall–Kier alpha value is -1.39. The highest BCUT2D eigenvalue weighted by Crippen LogP contribution is 2.28. The standard InChI is InChI=1S/C15H18ClN3O/c16-15-14(6-5-13(10-20)18-15)12-7-17-19(9-12)8-11-3-1-2-4-11/h5-7,9,11,20H,1-4,8,10H2. The van der Waals surface area contributed by atoms with Crippen molar-refractivity contribution >= 4 is 11.6 Å². The van der Waals surface area contributed by atoms with Gasteiger partial charge in [0.15, 0.2) is 0 Å². The number of aliphatic hydroxyl groups excluding tert-OH is 1. The molecule has 2 heterocycles. The third-order valence-electron chi connectivity index (χ3n) is 3.93. The molecule has 1 saturated carbocycles. The number of nitrogens with zero attached hydrogens (tertiary/aromatic N) is 3. The summed E-state index contributed by atoms with van der Waals surface area (Å²) in [4.78, 5) is 4.16. The largest absolute Gasteiger partial charge is 0.390 e. The number of rotatable bonds is 4. The summed E-state index contributed by atoms with van der Waals surface area (Å²) < 4.78 is 2.00. The van der Waals surface area contributed by atoms with Gasteiger partial charge in [-0.25, -0.2) is 4.98 Å². The highest BCUT2D eigenvalue weighted by molar-refractivity contribution is 6.32. The van der Waals surface area contributed by atoms with Crippen LogP contribution in [0.25, 0.3) is 11.1 Å². The Morgan fingerprint density at radius 1 is 1.30 bits per heavy atom. The van der Waals surface area contributed by atoms with Crippen molar-refractivity contribution in [3.63, 3.8) is 0 Å². The number of halogens is 1. The molecular formula is C15H18ClN3O. The normalized spacial score (nSPS) is 15.9. The molecule has 20 heavy (non-hydrogen) atoms. The monoisotopic (exact) mass is 291 g/mol. The maximum absolute atomic E-state index is 9.05. The Labute approximate surface area is 123 Å². The van der Waals surface area contributed by atoms with E-state index in [4.69, 9.17) is 16.7 Å². The number of aromatic nitrogens is 3. The van der Waals surface area contributed by atoms with Crippen molar-refractivity contribution in [3.8, 4) is 11.1 Å². The molecule has 1 aliphatic carbocycles. The molecule has 4 nitrogen and oxygen atoms in total. The van der Waals surface area contributed by atoms with Crippen LogP contribution in [0.15, 0.2) is 24.5 Å². The van der Waals surface area contributed by atoms with E-state index in [9.17, 15) is 0 Å². The summed E-state index contributed by atoms with van der Waals surface area (Å²) in [5.41, 5.74) is 2.42. The van der Waals surface area contributed by atoms with Crippen LogP contribution in [0.1, 0.15) is 31.4 Å². The van der Waals surface area contributed by atoms with Crippen LogP contribution in [-0.2, 0) is 13.2 Å². The number of hydrogen-bond acceptors (Lipinski definition) is 3. The van der Waals surface area contributed by atoms with Crippen molar-refractivity contribution in [2.75, 3.05) is 0 Å². The zero-order valence-corrected chi connectivity index (χ0v) is 12.1. The lowest BCUT2D eigenvalue weighted by atomic mass is 10.1. The second-order valence-corrected chi connectivity index (χ2v) is 5.76. The topological polar surface area (TPSA) is 50.9 Å². The van der Waals surface area contributed by atoms with Gasteiger partial charge in [-0.1, -0.05) is 24.4 Å². The van der Waals surface area contributed by atoms with Crippen molar-refractivity contribution in [2.24, 2.45) is 5.92 Å². The van der Waals surface area contributed by atoms with Crippen molar-refractivity contribution in [1.29, 1.82) is 0 Å². The fraction of sp³-hybridized carbons (Fsp3) is 0.467. The third-order valence-corrected chi connectivity index (χ3v) is 4.22. The van der Waals surface area contributed by atoms with Crippen LogP contribution < -0.4 is 0 Å². The van der Waals surface area contributed by atoms with Gasteiger partial charge in [0.05, 0.1) is 18.5 Å². The van der Waals surface area contributed by atoms with Gasteiger partial charge in [0.1, 0.15) is 5.15 Å². The Morgan fingerprint density at radius 3 is 2.80 bits per heavy atom. The average Bonchev–Trinajstić information content (AvgIpc) is 3.11. The minimum Gasteiger partial charge on any atom is -0.390 e. The molecule has 0 bridgehead atoms. The highest BCUT2D eigenvalue weighted by Gasteiger charge is 2.16. The van der Waals surface area contributed by atoms with Crippen molar-refractivity contribution in [2.45, 2.75) is 38.8 Å². The Morgan fingerprint density at radius 2 is 2.10 bits per heavy atom. The zero-order valence-electron chi connectivity index (χ0n) is 11.3. The summed E-state index contributed by atoms with van der Waals surface area (Å²) in [6.07, 6.45) is 9.16. The molecule has 0 saturated heterocycles. The molecular weight excluding hydrogens is 274 g/mol. The lowest BCUT2D eigenvalue weighted by Crippen LogP contribution is -2.07. The van der Waals surface area contributed by atoms with E-state index in [0.29, 0.717) is 10.8 Å². The Bertz CT molecular complexity index is 591. The smallest absolute Gasteiger partial charge is 0.137 e. The van der Waals surface area contributed by atoms with E-state index >= 15 is 0 Å². The third kappa shape index (κ3) is 2.86. The number of pyridine rings is 1. The molecule has 0 amide bonds. The molecule has 2 aromatic heterocycles. The van der Waals surface area contributed by atoms with E-state index in [1.165, 1.54) is 25.7 Å². The van der Waals surface area contributed by atoms with Gasteiger partial charge in [-0.05, 0) is 30.9 Å². The molecule has 0 radical (unpaired) electrons. The van der Waals surface area contributed by atoms with E-state index < -0.39 is 0 Å². The summed E-state index contributed by atoms with van der Waals surface area (Å²) >= 11 is 6.16. The van der Waals surface area contributed by atoms with Gasteiger partial charge in [-0.15, -0.1) is 0 Å². The molecule has 1 aliphatic rings. The molecule has 0 aliphatic heterocycles. The molecule has 0 atom stereocenters. The first-order chi connectivity index (χ1) is 9.76. The first kappa shape index (κ1) is 13.6. The van der Waals surface area contributed by atoms with E-state index in [1.54, 1.807) is 6.07 Å². The van der Waals surface area contributed by atoms with Crippen LogP contribution in [0.2, 0.25) is 5.15 Å². The molecule has 106 valence electrons. The number of aliphatic hydroxyl groups is 1. The average molecular weight is 292 g/mol. The summed E-state index contributed by atoms with van der Waals surface area (Å²) in [5, 5.41) is 13.9. The molecule has 1 fully saturated rings. The van der Waals surface area contributed by atoms with Crippen LogP contribution in [0.4, 0.5) is 0 Å². The van der Waals surface area contributed by atoms with Gasteiger partial charge in [-0.2, -0.15) is 5.10 Å². The number of hydrogen-bond donors (Lipinski definition) is 1. The lowest BCUT2D eigenvalue weighted by Gasteiger charge is -2.08. The van der Waals surface area contributed by atoms with Gasteiger partial charge in [0.25, 0.3) is 0 Å². The van der Waals surface area contributed by atoms with E-state index in [0.717, 1.165) is 23.6 Å². The molecule has 0 aromatic carbocycles. The predicted octanol–water partition coefficient (Wildman–Crippen LogP) is 3.28. The zero-order chi connectivity index (χ0) is 13.9. The SMILES string of the molecule is OCc1ccc(-c2cnn(CC3CCCC3)c2)c(Cl)n1. The van der Waals surface area contributed by atoms with Gasteiger partial charge in [-0.3, -0.25) is 4.68 Å². The van der Waals surface area contributed by atoms with Gasteiger partial charge in [0.2, 0.25) is 0 Å². The van der Waals surface area contributed by atoms with Gasteiger partial charge < -0.3 is 5.11 Å². The van der Waals surface area contributed by atoms with Crippen LogP contribution in [-0.4, -0.2) is 19.9 Å². The van der Waals surface area contributed by atoms with Gasteiger partial charge in [0, 0.05) is 23.9 Å². The summed E-state index contributed by atoms with van der Waals surface area (Å²) in [7, 11) is 0. The van der Waals surface area contributed by atoms with Crippen LogP contribution in [0.5, 0.6) is 0 Å². The predicted molar refractivity (Wildman–Crippen MR) is 78.3 cm³/mol. The molecule has 0 unspecified atom stereocenters. The Kier molecular flexibility index (Phi) is 4.03. The minimum absolute atomic E-state index is 0.0963. The van der Waals surface area contributed by atoms with Crippen molar-refractivity contribution < 1.29 is 5.11 Å². The fourth-order valence-electron chi connectivity index (χ4n) is 2.84. The summed E-state index contributed by atoms with van der Waals surface area (Å²) in [5.74, 6) is 0.758. The minimum atomic E-state index is -0.0963. The maximum atomic E-state index is 9.05. The molecule has 1 N–H and O–H groups in total. The quantitative estimate of drug-likeness (QED) is 0.880. The molecule has 3 rings (SSSR count). The van der Waals surface area contributed by atoms with Crippen molar-refractivity contribution in [3.05, 3.63) is 35.4 Å². The van der Waals surface area contributed by atoms with Crippen LogP contribution >= 0.6 is 11.6 Å². The highest BCUT2D eigenvalue weighted by atomic mass is 35.5. The molecule has 0 spiro atoms. The second-order valence-electron chi connectivity index (χ2n) is 5.40. The van der Waals surface area contributed by atoms with Crippen molar-refractivity contribution in [1.82, 2.24) is 14.8 Å². The van der Waals surface area contributed by atoms with Gasteiger partial charge >= 0.3 is 0 Å². The first-order valence-corrected chi connectivity index (χ1v) is 7.43. The summed E-state index contributed by atoms with van der Waals surface area (Å²) in [6.45, 7) is 0.890. The Balaban J connectivity index is 1.78. The van der Waals surface area contributed by atoms with Crippen LogP contribution in [0.3, 0.4) is 0 Å². The molecule has 2 aromatic rings. The fourth-order valence-corrected chi connectivity index (χ4v) is 3.12. The summed E-state index contributed by atoms with van der Waals surface area (Å²) in [6, 6.07) is 3.67. The van der Waals surface area contributed by atoms with E-state index in [-0.39, 0.29) is 6.61 Å². The first-order valence-electron chi connectivity index (χ1n) is 7.05. The second kappa shape index (κ2) is 5.94. The van der Waals surface area contributed by atoms with E-state index in [1.807, 2.05) is 23.1 Å².